The lowest BCUT2D eigenvalue weighted by Crippen LogP contribution is -1.95. The predicted octanol–water partition coefficient (Wildman–Crippen LogP) is 3.68. The molecule has 3 rings (SSSR count). The van der Waals surface area contributed by atoms with Crippen LogP contribution in [0.5, 0.6) is 11.6 Å². The number of nitrogens with zero attached hydrogens (tertiary/aromatic N) is 2. The molecule has 0 radical (unpaired) electrons. The maximum Gasteiger partial charge on any atom is 0.238 e. The first-order chi connectivity index (χ1) is 9.78. The molecule has 100 valence electrons. The highest BCUT2D eigenvalue weighted by Crippen LogP contribution is 2.35. The van der Waals surface area contributed by atoms with Crippen LogP contribution >= 0.6 is 15.9 Å². The number of fused-ring (bicyclic) bond motifs is 1. The number of aliphatic hydroxyl groups excluding tert-OH is 1. The van der Waals surface area contributed by atoms with Gasteiger partial charge in [-0.25, -0.2) is 4.98 Å². The molecule has 0 saturated carbocycles. The number of rotatable bonds is 3. The average molecular weight is 331 g/mol. The number of hydrogen-bond acceptors (Lipinski definition) is 4. The van der Waals surface area contributed by atoms with E-state index in [1.807, 2.05) is 36.4 Å². The Labute approximate surface area is 124 Å². The van der Waals surface area contributed by atoms with E-state index in [1.165, 1.54) is 12.4 Å². The number of benzene rings is 2. The van der Waals surface area contributed by atoms with E-state index in [9.17, 15) is 0 Å². The molecule has 1 N–H and O–H groups in total. The lowest BCUT2D eigenvalue weighted by Gasteiger charge is -2.09. The van der Waals surface area contributed by atoms with Crippen molar-refractivity contribution in [2.45, 2.75) is 6.61 Å². The van der Waals surface area contributed by atoms with Crippen LogP contribution in [-0.4, -0.2) is 15.1 Å². The van der Waals surface area contributed by atoms with Gasteiger partial charge in [0.15, 0.2) is 0 Å². The molecule has 1 aromatic heterocycles. The van der Waals surface area contributed by atoms with E-state index in [0.29, 0.717) is 17.3 Å². The third-order valence-corrected chi connectivity index (χ3v) is 3.68. The van der Waals surface area contributed by atoms with E-state index in [-0.39, 0.29) is 6.61 Å². The van der Waals surface area contributed by atoms with Crippen molar-refractivity contribution in [3.05, 3.63) is 59.0 Å². The second-order valence-corrected chi connectivity index (χ2v) is 5.00. The second-order valence-electron chi connectivity index (χ2n) is 4.21. The van der Waals surface area contributed by atoms with Crippen LogP contribution in [0.4, 0.5) is 0 Å². The molecule has 0 atom stereocenters. The Morgan fingerprint density at radius 1 is 1.10 bits per heavy atom. The van der Waals surface area contributed by atoms with Crippen LogP contribution in [0.1, 0.15) is 5.69 Å². The van der Waals surface area contributed by atoms with Crippen LogP contribution < -0.4 is 4.74 Å². The van der Waals surface area contributed by atoms with E-state index in [4.69, 9.17) is 9.84 Å². The summed E-state index contributed by atoms with van der Waals surface area (Å²) < 4.78 is 6.60. The quantitative estimate of drug-likeness (QED) is 0.795. The molecule has 0 fully saturated rings. The van der Waals surface area contributed by atoms with Crippen LogP contribution in [0.15, 0.2) is 53.3 Å². The molecule has 0 aliphatic rings. The summed E-state index contributed by atoms with van der Waals surface area (Å²) in [5.74, 6) is 1.01. The Morgan fingerprint density at radius 3 is 2.80 bits per heavy atom. The smallest absolute Gasteiger partial charge is 0.238 e. The normalized spacial score (nSPS) is 10.7. The lowest BCUT2D eigenvalue weighted by molar-refractivity contribution is 0.274. The molecule has 5 heteroatoms. The highest BCUT2D eigenvalue weighted by molar-refractivity contribution is 9.10. The molecule has 0 saturated heterocycles. The Kier molecular flexibility index (Phi) is 3.62. The Morgan fingerprint density at radius 2 is 1.95 bits per heavy atom. The Balaban J connectivity index is 2.00. The maximum atomic E-state index is 9.06. The van der Waals surface area contributed by atoms with Crippen LogP contribution in [0.2, 0.25) is 0 Å². The highest BCUT2D eigenvalue weighted by Gasteiger charge is 2.08. The third kappa shape index (κ3) is 2.50. The van der Waals surface area contributed by atoms with Gasteiger partial charge in [-0.3, -0.25) is 4.98 Å². The minimum absolute atomic E-state index is 0.164. The fourth-order valence-corrected chi connectivity index (χ4v) is 2.49. The number of ether oxygens (including phenoxy) is 1. The average Bonchev–Trinajstić information content (AvgIpc) is 2.50. The molecule has 0 aliphatic heterocycles. The van der Waals surface area contributed by atoms with E-state index in [0.717, 1.165) is 15.2 Å². The Bertz CT molecular complexity index is 762. The van der Waals surface area contributed by atoms with Crippen LogP contribution in [-0.2, 0) is 6.61 Å². The first-order valence-electron chi connectivity index (χ1n) is 6.05. The largest absolute Gasteiger partial charge is 0.436 e. The van der Waals surface area contributed by atoms with Crippen molar-refractivity contribution in [1.82, 2.24) is 9.97 Å². The monoisotopic (exact) mass is 330 g/mol. The molecule has 0 bridgehead atoms. The van der Waals surface area contributed by atoms with Crippen molar-refractivity contribution in [1.29, 1.82) is 0 Å². The van der Waals surface area contributed by atoms with Gasteiger partial charge in [0.1, 0.15) is 5.75 Å². The maximum absolute atomic E-state index is 9.06. The fraction of sp³-hybridized carbons (Fsp3) is 0.0667. The summed E-state index contributed by atoms with van der Waals surface area (Å²) in [5, 5.41) is 11.2. The minimum Gasteiger partial charge on any atom is -0.436 e. The van der Waals surface area contributed by atoms with Gasteiger partial charge < -0.3 is 9.84 Å². The summed E-state index contributed by atoms with van der Waals surface area (Å²) in [5.41, 5.74) is 0.472. The number of hydrogen-bond donors (Lipinski definition) is 1. The fourth-order valence-electron chi connectivity index (χ4n) is 1.92. The predicted molar refractivity (Wildman–Crippen MR) is 79.7 cm³/mol. The number of halogens is 1. The Hall–Kier alpha value is -1.98. The molecular weight excluding hydrogens is 320 g/mol. The molecule has 1 heterocycles. The van der Waals surface area contributed by atoms with Crippen molar-refractivity contribution in [3.63, 3.8) is 0 Å². The van der Waals surface area contributed by atoms with Gasteiger partial charge in [0, 0.05) is 0 Å². The van der Waals surface area contributed by atoms with E-state index < -0.39 is 0 Å². The summed E-state index contributed by atoms with van der Waals surface area (Å²) in [4.78, 5) is 8.13. The van der Waals surface area contributed by atoms with Crippen LogP contribution in [0.25, 0.3) is 10.8 Å². The molecule has 0 unspecified atom stereocenters. The summed E-state index contributed by atoms with van der Waals surface area (Å²) >= 11 is 3.55. The first-order valence-corrected chi connectivity index (χ1v) is 6.84. The van der Waals surface area contributed by atoms with Crippen molar-refractivity contribution >= 4 is 26.7 Å². The first kappa shape index (κ1) is 13.0. The lowest BCUT2D eigenvalue weighted by atomic mass is 10.1. The zero-order chi connectivity index (χ0) is 13.9. The van der Waals surface area contributed by atoms with Gasteiger partial charge in [0.2, 0.25) is 5.88 Å². The van der Waals surface area contributed by atoms with Gasteiger partial charge in [-0.05, 0) is 32.8 Å². The van der Waals surface area contributed by atoms with Crippen molar-refractivity contribution in [2.24, 2.45) is 0 Å². The van der Waals surface area contributed by atoms with Gasteiger partial charge >= 0.3 is 0 Å². The molecule has 0 aliphatic carbocycles. The number of aromatic nitrogens is 2. The van der Waals surface area contributed by atoms with E-state index >= 15 is 0 Å². The minimum atomic E-state index is -0.164. The van der Waals surface area contributed by atoms with E-state index in [2.05, 4.69) is 25.9 Å². The van der Waals surface area contributed by atoms with Crippen molar-refractivity contribution in [2.75, 3.05) is 0 Å². The molecule has 0 amide bonds. The van der Waals surface area contributed by atoms with Gasteiger partial charge in [0.25, 0.3) is 0 Å². The van der Waals surface area contributed by atoms with E-state index in [1.54, 1.807) is 0 Å². The summed E-state index contributed by atoms with van der Waals surface area (Å²) in [6, 6.07) is 11.9. The van der Waals surface area contributed by atoms with Crippen molar-refractivity contribution < 1.29 is 9.84 Å². The molecule has 3 aromatic rings. The molecule has 2 aromatic carbocycles. The van der Waals surface area contributed by atoms with Gasteiger partial charge in [-0.15, -0.1) is 0 Å². The summed E-state index contributed by atoms with van der Waals surface area (Å²) in [6.45, 7) is -0.164. The molecule has 4 nitrogen and oxygen atoms in total. The zero-order valence-corrected chi connectivity index (χ0v) is 12.0. The number of aliphatic hydroxyl groups is 1. The van der Waals surface area contributed by atoms with Crippen LogP contribution in [0.3, 0.4) is 0 Å². The highest BCUT2D eigenvalue weighted by atomic mass is 79.9. The second kappa shape index (κ2) is 5.56. The molecule has 0 spiro atoms. The van der Waals surface area contributed by atoms with Crippen molar-refractivity contribution in [3.8, 4) is 11.6 Å². The van der Waals surface area contributed by atoms with Gasteiger partial charge in [-0.2, -0.15) is 0 Å². The standard InChI is InChI=1S/C15H11BrN2O2/c16-15-12-4-2-1-3-10(12)5-6-13(15)20-14-8-17-7-11(9-19)18-14/h1-8,19H,9H2. The zero-order valence-electron chi connectivity index (χ0n) is 10.5. The van der Waals surface area contributed by atoms with Gasteiger partial charge in [-0.1, -0.05) is 30.3 Å². The topological polar surface area (TPSA) is 55.2 Å². The van der Waals surface area contributed by atoms with Crippen LogP contribution in [0, 0.1) is 0 Å². The third-order valence-electron chi connectivity index (χ3n) is 2.87. The summed E-state index contributed by atoms with van der Waals surface area (Å²) in [6.07, 6.45) is 3.02. The van der Waals surface area contributed by atoms with Gasteiger partial charge in [0.05, 0.1) is 29.2 Å². The SMILES string of the molecule is OCc1cncc(Oc2ccc3ccccc3c2Br)n1. The summed E-state index contributed by atoms with van der Waals surface area (Å²) in [7, 11) is 0. The molecule has 20 heavy (non-hydrogen) atoms. The molecular formula is C15H11BrN2O2.